The van der Waals surface area contributed by atoms with Gasteiger partial charge in [0.25, 0.3) is 0 Å². The SMILES string of the molecule is CCNCC(CC)N1CCN(c2cccc(Cl)c2)CC1. The van der Waals surface area contributed by atoms with E-state index in [1.54, 1.807) is 0 Å². The van der Waals surface area contributed by atoms with Gasteiger partial charge in [-0.05, 0) is 31.2 Å². The molecule has 4 heteroatoms. The summed E-state index contributed by atoms with van der Waals surface area (Å²) in [5, 5.41) is 4.30. The zero-order chi connectivity index (χ0) is 14.4. The summed E-state index contributed by atoms with van der Waals surface area (Å²) in [6.45, 7) is 11.1. The lowest BCUT2D eigenvalue weighted by Gasteiger charge is -2.40. The van der Waals surface area contributed by atoms with Crippen LogP contribution in [0, 0.1) is 0 Å². The van der Waals surface area contributed by atoms with E-state index in [1.807, 2.05) is 12.1 Å². The topological polar surface area (TPSA) is 18.5 Å². The van der Waals surface area contributed by atoms with Gasteiger partial charge >= 0.3 is 0 Å². The van der Waals surface area contributed by atoms with Crippen LogP contribution in [-0.2, 0) is 0 Å². The van der Waals surface area contributed by atoms with Gasteiger partial charge in [0.1, 0.15) is 0 Å². The predicted octanol–water partition coefficient (Wildman–Crippen LogP) is 2.85. The molecular weight excluding hydrogens is 270 g/mol. The highest BCUT2D eigenvalue weighted by Crippen LogP contribution is 2.21. The molecule has 3 nitrogen and oxygen atoms in total. The maximum atomic E-state index is 6.08. The lowest BCUT2D eigenvalue weighted by Crippen LogP contribution is -2.52. The van der Waals surface area contributed by atoms with E-state index >= 15 is 0 Å². The van der Waals surface area contributed by atoms with Crippen molar-refractivity contribution in [2.45, 2.75) is 26.3 Å². The van der Waals surface area contributed by atoms with Crippen molar-refractivity contribution in [1.29, 1.82) is 0 Å². The van der Waals surface area contributed by atoms with Crippen molar-refractivity contribution in [3.8, 4) is 0 Å². The van der Waals surface area contributed by atoms with Crippen LogP contribution in [0.2, 0.25) is 5.02 Å². The van der Waals surface area contributed by atoms with E-state index < -0.39 is 0 Å². The van der Waals surface area contributed by atoms with Gasteiger partial charge in [0, 0.05) is 49.5 Å². The van der Waals surface area contributed by atoms with Crippen molar-refractivity contribution >= 4 is 17.3 Å². The molecule has 1 unspecified atom stereocenters. The summed E-state index contributed by atoms with van der Waals surface area (Å²) in [6.07, 6.45) is 1.21. The minimum atomic E-state index is 0.663. The number of hydrogen-bond acceptors (Lipinski definition) is 3. The van der Waals surface area contributed by atoms with Crippen LogP contribution in [0.3, 0.4) is 0 Å². The average Bonchev–Trinajstić information content (AvgIpc) is 2.49. The Morgan fingerprint density at radius 3 is 2.55 bits per heavy atom. The number of rotatable bonds is 6. The minimum absolute atomic E-state index is 0.663. The number of nitrogens with one attached hydrogen (secondary N) is 1. The number of piperazine rings is 1. The fraction of sp³-hybridized carbons (Fsp3) is 0.625. The number of anilines is 1. The quantitative estimate of drug-likeness (QED) is 0.871. The summed E-state index contributed by atoms with van der Waals surface area (Å²) < 4.78 is 0. The lowest BCUT2D eigenvalue weighted by atomic mass is 10.1. The highest BCUT2D eigenvalue weighted by Gasteiger charge is 2.22. The van der Waals surface area contributed by atoms with E-state index in [4.69, 9.17) is 11.6 Å². The Morgan fingerprint density at radius 2 is 1.95 bits per heavy atom. The molecule has 1 aliphatic rings. The van der Waals surface area contributed by atoms with Gasteiger partial charge in [-0.3, -0.25) is 4.90 Å². The third-order valence-corrected chi connectivity index (χ3v) is 4.34. The zero-order valence-corrected chi connectivity index (χ0v) is 13.4. The van der Waals surface area contributed by atoms with Crippen LogP contribution in [0.4, 0.5) is 5.69 Å². The van der Waals surface area contributed by atoms with Gasteiger partial charge in [-0.25, -0.2) is 0 Å². The van der Waals surface area contributed by atoms with Crippen molar-refractivity contribution in [1.82, 2.24) is 10.2 Å². The smallest absolute Gasteiger partial charge is 0.0426 e. The monoisotopic (exact) mass is 295 g/mol. The van der Waals surface area contributed by atoms with Crippen LogP contribution in [0.5, 0.6) is 0 Å². The zero-order valence-electron chi connectivity index (χ0n) is 12.6. The van der Waals surface area contributed by atoms with Gasteiger partial charge in [0.05, 0.1) is 0 Å². The Labute approximate surface area is 127 Å². The first-order chi connectivity index (χ1) is 9.74. The molecule has 2 rings (SSSR count). The highest BCUT2D eigenvalue weighted by molar-refractivity contribution is 6.30. The van der Waals surface area contributed by atoms with Crippen LogP contribution in [0.15, 0.2) is 24.3 Å². The second-order valence-electron chi connectivity index (χ2n) is 5.37. The molecular formula is C16H26ClN3. The fourth-order valence-electron chi connectivity index (χ4n) is 2.86. The van der Waals surface area contributed by atoms with Crippen LogP contribution in [-0.4, -0.2) is 50.2 Å². The molecule has 1 atom stereocenters. The third-order valence-electron chi connectivity index (χ3n) is 4.11. The molecule has 112 valence electrons. The van der Waals surface area contributed by atoms with Crippen molar-refractivity contribution in [3.63, 3.8) is 0 Å². The molecule has 0 aliphatic carbocycles. The van der Waals surface area contributed by atoms with Gasteiger partial charge < -0.3 is 10.2 Å². The van der Waals surface area contributed by atoms with E-state index in [9.17, 15) is 0 Å². The van der Waals surface area contributed by atoms with Gasteiger partial charge in [-0.1, -0.05) is 31.5 Å². The van der Waals surface area contributed by atoms with Crippen LogP contribution in [0.25, 0.3) is 0 Å². The minimum Gasteiger partial charge on any atom is -0.369 e. The maximum absolute atomic E-state index is 6.08. The van der Waals surface area contributed by atoms with Crippen LogP contribution < -0.4 is 10.2 Å². The van der Waals surface area contributed by atoms with Crippen molar-refractivity contribution in [3.05, 3.63) is 29.3 Å². The molecule has 0 saturated carbocycles. The van der Waals surface area contributed by atoms with E-state index in [0.717, 1.165) is 44.3 Å². The van der Waals surface area contributed by atoms with Crippen molar-refractivity contribution in [2.75, 3.05) is 44.2 Å². The van der Waals surface area contributed by atoms with Gasteiger partial charge in [0.2, 0.25) is 0 Å². The lowest BCUT2D eigenvalue weighted by molar-refractivity contribution is 0.177. The number of nitrogens with zero attached hydrogens (tertiary/aromatic N) is 2. The molecule has 0 amide bonds. The largest absolute Gasteiger partial charge is 0.369 e. The molecule has 0 radical (unpaired) electrons. The molecule has 20 heavy (non-hydrogen) atoms. The summed E-state index contributed by atoms with van der Waals surface area (Å²) in [5.74, 6) is 0. The summed E-state index contributed by atoms with van der Waals surface area (Å²) in [7, 11) is 0. The molecule has 1 saturated heterocycles. The van der Waals surface area contributed by atoms with Gasteiger partial charge in [-0.15, -0.1) is 0 Å². The van der Waals surface area contributed by atoms with E-state index in [2.05, 4.69) is 41.1 Å². The summed E-state index contributed by atoms with van der Waals surface area (Å²) in [4.78, 5) is 5.05. The van der Waals surface area contributed by atoms with Crippen molar-refractivity contribution < 1.29 is 0 Å². The van der Waals surface area contributed by atoms with E-state index in [1.165, 1.54) is 12.1 Å². The summed E-state index contributed by atoms with van der Waals surface area (Å²) in [6, 6.07) is 8.84. The Hall–Kier alpha value is -0.770. The first kappa shape index (κ1) is 15.6. The second kappa shape index (κ2) is 7.87. The van der Waals surface area contributed by atoms with Crippen LogP contribution >= 0.6 is 11.6 Å². The molecule has 0 aromatic heterocycles. The third kappa shape index (κ3) is 4.11. The van der Waals surface area contributed by atoms with E-state index in [0.29, 0.717) is 6.04 Å². The Balaban J connectivity index is 1.88. The van der Waals surface area contributed by atoms with E-state index in [-0.39, 0.29) is 0 Å². The molecule has 1 aromatic rings. The predicted molar refractivity (Wildman–Crippen MR) is 87.9 cm³/mol. The molecule has 0 bridgehead atoms. The summed E-state index contributed by atoms with van der Waals surface area (Å²) in [5.41, 5.74) is 1.25. The van der Waals surface area contributed by atoms with Gasteiger partial charge in [0.15, 0.2) is 0 Å². The second-order valence-corrected chi connectivity index (χ2v) is 5.81. The first-order valence-corrected chi connectivity index (χ1v) is 8.07. The number of halogens is 1. The average molecular weight is 296 g/mol. The number of hydrogen-bond donors (Lipinski definition) is 1. The molecule has 1 aromatic carbocycles. The Morgan fingerprint density at radius 1 is 1.20 bits per heavy atom. The molecule has 1 heterocycles. The molecule has 1 aliphatic heterocycles. The summed E-state index contributed by atoms with van der Waals surface area (Å²) >= 11 is 6.08. The molecule has 1 fully saturated rings. The van der Waals surface area contributed by atoms with Crippen molar-refractivity contribution in [2.24, 2.45) is 0 Å². The fourth-order valence-corrected chi connectivity index (χ4v) is 3.05. The highest BCUT2D eigenvalue weighted by atomic mass is 35.5. The Kier molecular flexibility index (Phi) is 6.14. The standard InChI is InChI=1S/C16H26ClN3/c1-3-15(13-18-4-2)19-8-10-20(11-9-19)16-7-5-6-14(17)12-16/h5-7,12,15,18H,3-4,8-11,13H2,1-2H3. The molecule has 1 N–H and O–H groups in total. The maximum Gasteiger partial charge on any atom is 0.0426 e. The Bertz CT molecular complexity index is 402. The first-order valence-electron chi connectivity index (χ1n) is 7.69. The van der Waals surface area contributed by atoms with Gasteiger partial charge in [-0.2, -0.15) is 0 Å². The number of likely N-dealkylation sites (N-methyl/N-ethyl adjacent to an activating group) is 1. The normalized spacial score (nSPS) is 18.2. The van der Waals surface area contributed by atoms with Crippen LogP contribution in [0.1, 0.15) is 20.3 Å². The number of benzene rings is 1. The molecule has 0 spiro atoms.